The SMILES string of the molecule is [2H]c1c([2H])c(-c2ccc3sc4ccccc4c3c2)c2c(oc3c([2H])c(-c4nc(-c5ccc(-c6ccccc6)cc5)nc(-c5cccc6c5oc5c(-c7ccccc7)cccc56)n4)c([2H])c([2H])c32)c1[2H]. The Morgan fingerprint density at radius 3 is 1.81 bits per heavy atom. The van der Waals surface area contributed by atoms with Gasteiger partial charge in [-0.1, -0.05) is 158 Å². The van der Waals surface area contributed by atoms with Crippen LogP contribution in [0.1, 0.15) is 8.22 Å². The number of rotatable bonds is 6. The van der Waals surface area contributed by atoms with Crippen molar-refractivity contribution in [3.8, 4) is 67.5 Å². The zero-order chi connectivity index (χ0) is 46.7. The van der Waals surface area contributed by atoms with E-state index in [9.17, 15) is 5.48 Å². The Balaban J connectivity index is 1.05. The summed E-state index contributed by atoms with van der Waals surface area (Å²) in [5.74, 6) is 0.468. The van der Waals surface area contributed by atoms with E-state index in [2.05, 4.69) is 6.07 Å². The molecule has 6 heteroatoms. The molecule has 63 heavy (non-hydrogen) atoms. The Morgan fingerprint density at radius 1 is 0.381 bits per heavy atom. The van der Waals surface area contributed by atoms with Crippen molar-refractivity contribution < 1.29 is 17.1 Å². The molecular formula is C57H33N3O2S. The molecule has 0 aliphatic rings. The van der Waals surface area contributed by atoms with Crippen molar-refractivity contribution in [1.82, 2.24) is 15.0 Å². The Morgan fingerprint density at radius 2 is 1.00 bits per heavy atom. The van der Waals surface area contributed by atoms with E-state index in [4.69, 9.17) is 26.5 Å². The van der Waals surface area contributed by atoms with E-state index in [0.717, 1.165) is 53.2 Å². The van der Waals surface area contributed by atoms with Crippen LogP contribution < -0.4 is 0 Å². The van der Waals surface area contributed by atoms with Crippen LogP contribution in [0.3, 0.4) is 0 Å². The zero-order valence-electron chi connectivity index (χ0n) is 39.2. The van der Waals surface area contributed by atoms with Crippen molar-refractivity contribution in [2.24, 2.45) is 0 Å². The van der Waals surface area contributed by atoms with Gasteiger partial charge in [-0.25, -0.2) is 15.0 Å². The second-order valence-corrected chi connectivity index (χ2v) is 16.5. The molecular weight excluding hydrogens is 791 g/mol. The average molecular weight is 830 g/mol. The fourth-order valence-electron chi connectivity index (χ4n) is 8.68. The molecule has 0 unspecified atom stereocenters. The summed E-state index contributed by atoms with van der Waals surface area (Å²) in [7, 11) is 0. The van der Waals surface area contributed by atoms with Crippen molar-refractivity contribution in [2.75, 3.05) is 0 Å². The van der Waals surface area contributed by atoms with Crippen molar-refractivity contribution >= 4 is 75.4 Å². The Bertz CT molecular complexity index is 4270. The largest absolute Gasteiger partial charge is 0.456 e. The second-order valence-electron chi connectivity index (χ2n) is 15.4. The van der Waals surface area contributed by atoms with Crippen LogP contribution in [-0.2, 0) is 0 Å². The Labute approximate surface area is 373 Å². The van der Waals surface area contributed by atoms with Crippen LogP contribution in [0.4, 0.5) is 0 Å². The third-order valence-electron chi connectivity index (χ3n) is 11.7. The zero-order valence-corrected chi connectivity index (χ0v) is 34.0. The number of para-hydroxylation sites is 2. The first-order valence-electron chi connectivity index (χ1n) is 23.5. The summed E-state index contributed by atoms with van der Waals surface area (Å²) >= 11 is 1.65. The minimum Gasteiger partial charge on any atom is -0.456 e. The lowest BCUT2D eigenvalue weighted by Crippen LogP contribution is -2.00. The molecule has 4 aromatic heterocycles. The topological polar surface area (TPSA) is 65.0 Å². The first-order valence-corrected chi connectivity index (χ1v) is 21.3. The molecule has 0 N–H and O–H groups in total. The molecule has 0 spiro atoms. The van der Waals surface area contributed by atoms with Crippen LogP contribution in [-0.4, -0.2) is 15.0 Å². The number of furan rings is 2. The number of benzene rings is 9. The van der Waals surface area contributed by atoms with Crippen molar-refractivity contribution in [3.05, 3.63) is 200 Å². The number of aromatic nitrogens is 3. The number of fused-ring (bicyclic) bond motifs is 9. The lowest BCUT2D eigenvalue weighted by Gasteiger charge is -2.10. The van der Waals surface area contributed by atoms with Crippen LogP contribution in [0.15, 0.2) is 209 Å². The molecule has 0 radical (unpaired) electrons. The minimum atomic E-state index is -0.350. The molecule has 294 valence electrons. The molecule has 0 saturated heterocycles. The quantitative estimate of drug-likeness (QED) is 0.167. The molecule has 9 aromatic carbocycles. The summed E-state index contributed by atoms with van der Waals surface area (Å²) in [6.07, 6.45) is 0. The van der Waals surface area contributed by atoms with E-state index >= 15 is 0 Å². The maximum Gasteiger partial charge on any atom is 0.167 e. The molecule has 4 heterocycles. The van der Waals surface area contributed by atoms with Crippen LogP contribution in [0, 0.1) is 0 Å². The highest BCUT2D eigenvalue weighted by Gasteiger charge is 2.21. The standard InChI is InChI=1S/C57H33N3O2S/c1-3-12-34(13-4-1)35-24-26-37(27-25-35)55-58-56(60-57(59-55)46-21-10-20-44-43-19-9-18-41(53(43)62-54(44)46)36-14-5-2-6-15-36)39-28-30-45-49(33-39)61-48-22-11-17-40(52(45)48)38-29-31-51-47(32-38)42-16-7-8-23-50(42)63-51/h1-33H/i11D,17D,22D,28D,30D,33D. The predicted molar refractivity (Wildman–Crippen MR) is 260 cm³/mol. The number of thiophene rings is 1. The molecule has 5 nitrogen and oxygen atoms in total. The maximum atomic E-state index is 9.79. The predicted octanol–water partition coefficient (Wildman–Crippen LogP) is 16.0. The van der Waals surface area contributed by atoms with Gasteiger partial charge in [0.05, 0.1) is 13.8 Å². The Hall–Kier alpha value is -8.19. The van der Waals surface area contributed by atoms with Gasteiger partial charge in [0.15, 0.2) is 17.5 Å². The summed E-state index contributed by atoms with van der Waals surface area (Å²) in [6.45, 7) is 0. The third-order valence-corrected chi connectivity index (χ3v) is 12.8. The van der Waals surface area contributed by atoms with Gasteiger partial charge in [0, 0.05) is 58.4 Å². The first-order chi connectivity index (χ1) is 33.7. The first kappa shape index (κ1) is 29.9. The van der Waals surface area contributed by atoms with Crippen molar-refractivity contribution in [1.29, 1.82) is 0 Å². The fourth-order valence-corrected chi connectivity index (χ4v) is 9.77. The van der Waals surface area contributed by atoms with Gasteiger partial charge in [-0.2, -0.15) is 0 Å². The monoisotopic (exact) mass is 829 g/mol. The maximum absolute atomic E-state index is 9.79. The second kappa shape index (κ2) is 14.2. The highest BCUT2D eigenvalue weighted by Crippen LogP contribution is 2.43. The number of nitrogens with zero attached hydrogens (tertiary/aromatic N) is 3. The van der Waals surface area contributed by atoms with Crippen molar-refractivity contribution in [2.45, 2.75) is 0 Å². The summed E-state index contributed by atoms with van der Waals surface area (Å²) < 4.78 is 71.6. The Kier molecular flexibility index (Phi) is 6.75. The summed E-state index contributed by atoms with van der Waals surface area (Å²) in [5.41, 5.74) is 7.14. The van der Waals surface area contributed by atoms with Gasteiger partial charge in [0.1, 0.15) is 22.3 Å². The smallest absolute Gasteiger partial charge is 0.167 e. The lowest BCUT2D eigenvalue weighted by atomic mass is 9.97. The lowest BCUT2D eigenvalue weighted by molar-refractivity contribution is 0.669. The molecule has 13 rings (SSSR count). The van der Waals surface area contributed by atoms with Gasteiger partial charge in [-0.3, -0.25) is 0 Å². The van der Waals surface area contributed by atoms with E-state index < -0.39 is 0 Å². The summed E-state index contributed by atoms with van der Waals surface area (Å²) in [5, 5.41) is 4.12. The van der Waals surface area contributed by atoms with E-state index in [0.29, 0.717) is 33.4 Å². The van der Waals surface area contributed by atoms with Gasteiger partial charge < -0.3 is 8.83 Å². The number of hydrogen-bond acceptors (Lipinski definition) is 6. The normalized spacial score (nSPS) is 13.1. The van der Waals surface area contributed by atoms with Gasteiger partial charge in [-0.05, 0) is 70.2 Å². The minimum absolute atomic E-state index is 0.0328. The van der Waals surface area contributed by atoms with Crippen LogP contribution in [0.25, 0.3) is 132 Å². The van der Waals surface area contributed by atoms with Crippen LogP contribution >= 0.6 is 11.3 Å². The molecule has 0 fully saturated rings. The van der Waals surface area contributed by atoms with Crippen LogP contribution in [0.2, 0.25) is 0 Å². The van der Waals surface area contributed by atoms with Gasteiger partial charge in [-0.15, -0.1) is 11.3 Å². The molecule has 13 aromatic rings. The molecule has 0 amide bonds. The number of hydrogen-bond donors (Lipinski definition) is 0. The van der Waals surface area contributed by atoms with E-state index in [1.807, 2.05) is 158 Å². The van der Waals surface area contributed by atoms with Gasteiger partial charge >= 0.3 is 0 Å². The average Bonchev–Trinajstić information content (AvgIpc) is 4.10. The van der Waals surface area contributed by atoms with E-state index in [1.54, 1.807) is 11.3 Å². The molecule has 0 atom stereocenters. The van der Waals surface area contributed by atoms with Gasteiger partial charge in [0.2, 0.25) is 0 Å². The highest BCUT2D eigenvalue weighted by molar-refractivity contribution is 7.25. The van der Waals surface area contributed by atoms with Gasteiger partial charge in [0.25, 0.3) is 0 Å². The van der Waals surface area contributed by atoms with E-state index in [-0.39, 0.29) is 81.2 Å². The summed E-state index contributed by atoms with van der Waals surface area (Å²) in [6, 6.07) is 51.8. The molecule has 0 aliphatic heterocycles. The van der Waals surface area contributed by atoms with E-state index in [1.165, 1.54) is 0 Å². The molecule has 0 saturated carbocycles. The highest BCUT2D eigenvalue weighted by atomic mass is 32.1. The van der Waals surface area contributed by atoms with Crippen LogP contribution in [0.5, 0.6) is 0 Å². The summed E-state index contributed by atoms with van der Waals surface area (Å²) in [4.78, 5) is 15.0. The molecule has 0 bridgehead atoms. The fraction of sp³-hybridized carbons (Fsp3) is 0. The van der Waals surface area contributed by atoms with Crippen molar-refractivity contribution in [3.63, 3.8) is 0 Å². The third kappa shape index (κ3) is 5.87. The molecule has 0 aliphatic carbocycles.